The number of carbonyl (C=O) groups excluding carboxylic acids is 1. The normalized spacial score (nSPS) is 12.3. The number of benzene rings is 2. The smallest absolute Gasteiger partial charge is 0.331 e. The van der Waals surface area contributed by atoms with Gasteiger partial charge in [0, 0.05) is 16.2 Å². The zero-order chi connectivity index (χ0) is 15.8. The maximum Gasteiger partial charge on any atom is 0.331 e. The standard InChI is InChI=1S/C18H18INO2/c1-2-22-18(21)17(12-15-9-6-10-16(19)11-15)20-13-14-7-4-3-5-8-14/h3-11,13,17H,2,12H2,1H3/t17-/m0/s1. The maximum atomic E-state index is 12.1. The first-order valence-electron chi connectivity index (χ1n) is 7.18. The van der Waals surface area contributed by atoms with Crippen molar-refractivity contribution in [1.29, 1.82) is 0 Å². The first-order valence-corrected chi connectivity index (χ1v) is 8.26. The molecule has 2 aromatic rings. The van der Waals surface area contributed by atoms with Crippen LogP contribution in [0.2, 0.25) is 0 Å². The van der Waals surface area contributed by atoms with Gasteiger partial charge in [-0.05, 0) is 52.8 Å². The van der Waals surface area contributed by atoms with Gasteiger partial charge in [0.1, 0.15) is 0 Å². The molecule has 0 spiro atoms. The quantitative estimate of drug-likeness (QED) is 0.414. The summed E-state index contributed by atoms with van der Waals surface area (Å²) in [4.78, 5) is 16.6. The Hall–Kier alpha value is -1.69. The van der Waals surface area contributed by atoms with Crippen molar-refractivity contribution in [3.63, 3.8) is 0 Å². The van der Waals surface area contributed by atoms with Crippen LogP contribution < -0.4 is 0 Å². The minimum Gasteiger partial charge on any atom is -0.464 e. The van der Waals surface area contributed by atoms with Crippen molar-refractivity contribution in [3.8, 4) is 0 Å². The second-order valence-electron chi connectivity index (χ2n) is 4.79. The van der Waals surface area contributed by atoms with Gasteiger partial charge in [-0.2, -0.15) is 0 Å². The number of hydrogen-bond acceptors (Lipinski definition) is 3. The number of hydrogen-bond donors (Lipinski definition) is 0. The van der Waals surface area contributed by atoms with Crippen molar-refractivity contribution in [2.75, 3.05) is 6.61 Å². The average molecular weight is 407 g/mol. The Morgan fingerprint density at radius 2 is 2.00 bits per heavy atom. The lowest BCUT2D eigenvalue weighted by atomic mass is 10.1. The minimum atomic E-state index is -0.515. The Morgan fingerprint density at radius 1 is 1.23 bits per heavy atom. The molecule has 1 atom stereocenters. The number of carbonyl (C=O) groups is 1. The summed E-state index contributed by atoms with van der Waals surface area (Å²) in [6.07, 6.45) is 2.27. The summed E-state index contributed by atoms with van der Waals surface area (Å²) in [6, 6.07) is 17.3. The summed E-state index contributed by atoms with van der Waals surface area (Å²) in [5.74, 6) is -0.284. The molecular formula is C18H18INO2. The van der Waals surface area contributed by atoms with Crippen molar-refractivity contribution < 1.29 is 9.53 Å². The monoisotopic (exact) mass is 407 g/mol. The van der Waals surface area contributed by atoms with Gasteiger partial charge >= 0.3 is 5.97 Å². The molecule has 0 aliphatic rings. The predicted octanol–water partition coefficient (Wildman–Crippen LogP) is 3.88. The van der Waals surface area contributed by atoms with Crippen LogP contribution in [0.5, 0.6) is 0 Å². The number of rotatable bonds is 6. The van der Waals surface area contributed by atoms with Crippen LogP contribution in [-0.4, -0.2) is 24.8 Å². The lowest BCUT2D eigenvalue weighted by molar-refractivity contribution is -0.144. The zero-order valence-corrected chi connectivity index (χ0v) is 14.6. The summed E-state index contributed by atoms with van der Waals surface area (Å²) in [7, 11) is 0. The summed E-state index contributed by atoms with van der Waals surface area (Å²) in [6.45, 7) is 2.17. The van der Waals surface area contributed by atoms with E-state index in [2.05, 4.69) is 33.6 Å². The van der Waals surface area contributed by atoms with Crippen LogP contribution in [0, 0.1) is 3.57 Å². The van der Waals surface area contributed by atoms with E-state index >= 15 is 0 Å². The van der Waals surface area contributed by atoms with E-state index in [1.165, 1.54) is 0 Å². The van der Waals surface area contributed by atoms with Gasteiger partial charge in [-0.3, -0.25) is 4.99 Å². The Bertz CT molecular complexity index is 641. The Kier molecular flexibility index (Phi) is 6.58. The third-order valence-corrected chi connectivity index (χ3v) is 3.75. The van der Waals surface area contributed by atoms with Crippen molar-refractivity contribution >= 4 is 34.8 Å². The first-order chi connectivity index (χ1) is 10.7. The molecule has 0 unspecified atom stereocenters. The summed E-state index contributed by atoms with van der Waals surface area (Å²) in [5, 5.41) is 0. The molecule has 0 saturated heterocycles. The van der Waals surface area contributed by atoms with E-state index in [0.717, 1.165) is 14.7 Å². The lowest BCUT2D eigenvalue weighted by Gasteiger charge is -2.11. The van der Waals surface area contributed by atoms with E-state index in [1.807, 2.05) is 48.5 Å². The Balaban J connectivity index is 2.15. The van der Waals surface area contributed by atoms with Crippen LogP contribution >= 0.6 is 22.6 Å². The fourth-order valence-electron chi connectivity index (χ4n) is 2.04. The Morgan fingerprint density at radius 3 is 2.68 bits per heavy atom. The average Bonchev–Trinajstić information content (AvgIpc) is 2.52. The van der Waals surface area contributed by atoms with Gasteiger partial charge in [0.05, 0.1) is 6.61 Å². The van der Waals surface area contributed by atoms with E-state index < -0.39 is 6.04 Å². The van der Waals surface area contributed by atoms with Crippen LogP contribution in [0.25, 0.3) is 0 Å². The number of nitrogens with zero attached hydrogens (tertiary/aromatic N) is 1. The number of esters is 1. The van der Waals surface area contributed by atoms with E-state index in [-0.39, 0.29) is 5.97 Å². The van der Waals surface area contributed by atoms with Crippen molar-refractivity contribution in [1.82, 2.24) is 0 Å². The zero-order valence-electron chi connectivity index (χ0n) is 12.4. The fraction of sp³-hybridized carbons (Fsp3) is 0.222. The van der Waals surface area contributed by atoms with Crippen molar-refractivity contribution in [2.24, 2.45) is 4.99 Å². The molecule has 0 fully saturated rings. The molecule has 0 N–H and O–H groups in total. The molecule has 0 radical (unpaired) electrons. The van der Waals surface area contributed by atoms with Crippen LogP contribution in [-0.2, 0) is 16.0 Å². The predicted molar refractivity (Wildman–Crippen MR) is 97.3 cm³/mol. The SMILES string of the molecule is CCOC(=O)[C@H](Cc1cccc(I)c1)N=Cc1ccccc1. The summed E-state index contributed by atoms with van der Waals surface area (Å²) < 4.78 is 6.28. The molecule has 0 aliphatic heterocycles. The second-order valence-corrected chi connectivity index (χ2v) is 6.04. The first kappa shape index (κ1) is 16.7. The third-order valence-electron chi connectivity index (χ3n) is 3.08. The van der Waals surface area contributed by atoms with E-state index in [1.54, 1.807) is 13.1 Å². The third kappa shape index (κ3) is 5.26. The van der Waals surface area contributed by atoms with Gasteiger partial charge < -0.3 is 4.74 Å². The van der Waals surface area contributed by atoms with Crippen LogP contribution in [0.3, 0.4) is 0 Å². The second kappa shape index (κ2) is 8.68. The molecule has 0 saturated carbocycles. The molecule has 0 amide bonds. The molecule has 4 heteroatoms. The van der Waals surface area contributed by atoms with Crippen LogP contribution in [0.1, 0.15) is 18.1 Å². The van der Waals surface area contributed by atoms with Crippen LogP contribution in [0.4, 0.5) is 0 Å². The van der Waals surface area contributed by atoms with Gasteiger partial charge in [-0.1, -0.05) is 42.5 Å². The molecule has 22 heavy (non-hydrogen) atoms. The van der Waals surface area contributed by atoms with Gasteiger partial charge in [0.25, 0.3) is 0 Å². The topological polar surface area (TPSA) is 38.7 Å². The molecule has 2 rings (SSSR count). The molecule has 2 aromatic carbocycles. The molecule has 0 aromatic heterocycles. The highest BCUT2D eigenvalue weighted by Crippen LogP contribution is 2.12. The molecule has 0 bridgehead atoms. The highest BCUT2D eigenvalue weighted by Gasteiger charge is 2.18. The van der Waals surface area contributed by atoms with Gasteiger partial charge in [-0.15, -0.1) is 0 Å². The van der Waals surface area contributed by atoms with Crippen molar-refractivity contribution in [3.05, 3.63) is 69.3 Å². The largest absolute Gasteiger partial charge is 0.464 e. The molecule has 0 heterocycles. The fourth-order valence-corrected chi connectivity index (χ4v) is 2.65. The maximum absolute atomic E-state index is 12.1. The van der Waals surface area contributed by atoms with Crippen LogP contribution in [0.15, 0.2) is 59.6 Å². The Labute approximate surface area is 144 Å². The molecule has 114 valence electrons. The van der Waals surface area contributed by atoms with Gasteiger partial charge in [0.15, 0.2) is 6.04 Å². The lowest BCUT2D eigenvalue weighted by Crippen LogP contribution is -2.24. The number of halogens is 1. The van der Waals surface area contributed by atoms with E-state index in [0.29, 0.717) is 13.0 Å². The molecular weight excluding hydrogens is 389 g/mol. The van der Waals surface area contributed by atoms with E-state index in [9.17, 15) is 4.79 Å². The minimum absolute atomic E-state index is 0.284. The van der Waals surface area contributed by atoms with Crippen molar-refractivity contribution in [2.45, 2.75) is 19.4 Å². The van der Waals surface area contributed by atoms with Gasteiger partial charge in [-0.25, -0.2) is 4.79 Å². The highest BCUT2D eigenvalue weighted by molar-refractivity contribution is 14.1. The van der Waals surface area contributed by atoms with Gasteiger partial charge in [0.2, 0.25) is 0 Å². The number of ether oxygens (including phenoxy) is 1. The molecule has 0 aliphatic carbocycles. The van der Waals surface area contributed by atoms with E-state index in [4.69, 9.17) is 4.74 Å². The summed E-state index contributed by atoms with van der Waals surface area (Å²) in [5.41, 5.74) is 2.05. The summed E-state index contributed by atoms with van der Waals surface area (Å²) >= 11 is 2.26. The highest BCUT2D eigenvalue weighted by atomic mass is 127. The molecule has 3 nitrogen and oxygen atoms in total. The number of aliphatic imine (C=N–C) groups is 1.